The number of hydrogen-bond donors (Lipinski definition) is 2. The molecule has 1 aromatic carbocycles. The molecular formula is C17H18ClN3O4. The maximum atomic E-state index is 12.3. The van der Waals surface area contributed by atoms with Gasteiger partial charge in [0, 0.05) is 17.8 Å². The summed E-state index contributed by atoms with van der Waals surface area (Å²) in [6, 6.07) is 7.41. The van der Waals surface area contributed by atoms with E-state index in [-0.39, 0.29) is 12.5 Å². The highest BCUT2D eigenvalue weighted by atomic mass is 35.5. The molecule has 0 radical (unpaired) electrons. The van der Waals surface area contributed by atoms with E-state index < -0.39 is 17.9 Å². The zero-order chi connectivity index (χ0) is 18.4. The van der Waals surface area contributed by atoms with Crippen molar-refractivity contribution in [2.24, 2.45) is 0 Å². The van der Waals surface area contributed by atoms with Crippen LogP contribution in [0, 0.1) is 0 Å². The summed E-state index contributed by atoms with van der Waals surface area (Å²) in [5.74, 6) is -1.18. The monoisotopic (exact) mass is 363 g/mol. The van der Waals surface area contributed by atoms with Crippen molar-refractivity contribution in [1.29, 1.82) is 0 Å². The third-order valence-corrected chi connectivity index (χ3v) is 3.60. The van der Waals surface area contributed by atoms with Gasteiger partial charge < -0.3 is 20.0 Å². The molecule has 7 nitrogen and oxygen atoms in total. The summed E-state index contributed by atoms with van der Waals surface area (Å²) in [4.78, 5) is 37.4. The number of nitrogens with zero attached hydrogens (tertiary/aromatic N) is 1. The molecule has 3 amide bonds. The number of halogens is 1. The fourth-order valence-electron chi connectivity index (χ4n) is 2.13. The minimum atomic E-state index is -0.786. The van der Waals surface area contributed by atoms with Gasteiger partial charge in [0.25, 0.3) is 5.91 Å². The molecule has 1 aromatic heterocycles. The molecule has 2 rings (SSSR count). The molecule has 0 saturated heterocycles. The van der Waals surface area contributed by atoms with Crippen LogP contribution in [0.3, 0.4) is 0 Å². The van der Waals surface area contributed by atoms with E-state index in [2.05, 4.69) is 10.6 Å². The Hall–Kier alpha value is -2.80. The van der Waals surface area contributed by atoms with Gasteiger partial charge in [-0.25, -0.2) is 0 Å². The SMILES string of the molecule is CC(NC(=O)c1ccoc1)C(=O)N(C)CC(=O)Nc1cccc(Cl)c1. The van der Waals surface area contributed by atoms with Crippen molar-refractivity contribution in [2.75, 3.05) is 18.9 Å². The van der Waals surface area contributed by atoms with E-state index in [0.29, 0.717) is 16.3 Å². The number of carbonyl (C=O) groups excluding carboxylic acids is 3. The van der Waals surface area contributed by atoms with E-state index in [4.69, 9.17) is 16.0 Å². The molecule has 1 atom stereocenters. The second kappa shape index (κ2) is 8.34. The first-order valence-corrected chi connectivity index (χ1v) is 7.88. The summed E-state index contributed by atoms with van der Waals surface area (Å²) in [5.41, 5.74) is 0.862. The van der Waals surface area contributed by atoms with Crippen molar-refractivity contribution in [3.63, 3.8) is 0 Å². The van der Waals surface area contributed by atoms with Gasteiger partial charge in [-0.1, -0.05) is 17.7 Å². The third kappa shape index (κ3) is 5.36. The summed E-state index contributed by atoms with van der Waals surface area (Å²) in [6.45, 7) is 1.39. The zero-order valence-corrected chi connectivity index (χ0v) is 14.5. The van der Waals surface area contributed by atoms with Crippen molar-refractivity contribution in [3.05, 3.63) is 53.4 Å². The lowest BCUT2D eigenvalue weighted by molar-refractivity contribution is -0.134. The summed E-state index contributed by atoms with van der Waals surface area (Å²) in [6.07, 6.45) is 2.66. The van der Waals surface area contributed by atoms with Crippen LogP contribution in [0.4, 0.5) is 5.69 Å². The fraction of sp³-hybridized carbons (Fsp3) is 0.235. The predicted octanol–water partition coefficient (Wildman–Crippen LogP) is 2.15. The van der Waals surface area contributed by atoms with E-state index in [0.717, 1.165) is 0 Å². The average Bonchev–Trinajstić information content (AvgIpc) is 3.08. The van der Waals surface area contributed by atoms with Gasteiger partial charge in [0.15, 0.2) is 0 Å². The first-order valence-electron chi connectivity index (χ1n) is 7.50. The largest absolute Gasteiger partial charge is 0.472 e. The maximum absolute atomic E-state index is 12.3. The smallest absolute Gasteiger partial charge is 0.255 e. The van der Waals surface area contributed by atoms with E-state index in [1.165, 1.54) is 30.5 Å². The van der Waals surface area contributed by atoms with Gasteiger partial charge in [-0.15, -0.1) is 0 Å². The lowest BCUT2D eigenvalue weighted by Gasteiger charge is -2.21. The molecule has 0 bridgehead atoms. The first kappa shape index (κ1) is 18.5. The predicted molar refractivity (Wildman–Crippen MR) is 93.4 cm³/mol. The van der Waals surface area contributed by atoms with Crippen LogP contribution >= 0.6 is 11.6 Å². The van der Waals surface area contributed by atoms with E-state index in [9.17, 15) is 14.4 Å². The number of anilines is 1. The third-order valence-electron chi connectivity index (χ3n) is 3.37. The Bertz CT molecular complexity index is 761. The normalized spacial score (nSPS) is 11.5. The first-order chi connectivity index (χ1) is 11.9. The highest BCUT2D eigenvalue weighted by Crippen LogP contribution is 2.14. The Balaban J connectivity index is 1.86. The van der Waals surface area contributed by atoms with Crippen LogP contribution in [0.1, 0.15) is 17.3 Å². The lowest BCUT2D eigenvalue weighted by Crippen LogP contribution is -2.47. The van der Waals surface area contributed by atoms with Crippen LogP contribution in [0.25, 0.3) is 0 Å². The number of hydrogen-bond acceptors (Lipinski definition) is 4. The molecule has 0 fully saturated rings. The number of carbonyl (C=O) groups is 3. The standard InChI is InChI=1S/C17H18ClN3O4/c1-11(19-16(23)12-6-7-25-10-12)17(24)21(2)9-15(22)20-14-5-3-4-13(18)8-14/h3-8,10-11H,9H2,1-2H3,(H,19,23)(H,20,22). The molecule has 25 heavy (non-hydrogen) atoms. The van der Waals surface area contributed by atoms with Gasteiger partial charge in [-0.3, -0.25) is 14.4 Å². The molecular weight excluding hydrogens is 346 g/mol. The molecule has 2 aromatic rings. The van der Waals surface area contributed by atoms with Crippen molar-refractivity contribution in [2.45, 2.75) is 13.0 Å². The molecule has 0 saturated carbocycles. The van der Waals surface area contributed by atoms with Crippen molar-refractivity contribution >= 4 is 35.0 Å². The average molecular weight is 364 g/mol. The number of amides is 3. The van der Waals surface area contributed by atoms with Gasteiger partial charge in [-0.05, 0) is 31.2 Å². The van der Waals surface area contributed by atoms with Crippen LogP contribution in [0.15, 0.2) is 47.3 Å². The Morgan fingerprint density at radius 1 is 1.28 bits per heavy atom. The van der Waals surface area contributed by atoms with Gasteiger partial charge in [0.05, 0.1) is 18.4 Å². The van der Waals surface area contributed by atoms with Crippen LogP contribution < -0.4 is 10.6 Å². The van der Waals surface area contributed by atoms with E-state index in [1.54, 1.807) is 31.2 Å². The van der Waals surface area contributed by atoms with Gasteiger partial charge in [0.2, 0.25) is 11.8 Å². The minimum Gasteiger partial charge on any atom is -0.472 e. The van der Waals surface area contributed by atoms with Crippen LogP contribution in [-0.4, -0.2) is 42.3 Å². The number of furan rings is 1. The quantitative estimate of drug-likeness (QED) is 0.822. The highest BCUT2D eigenvalue weighted by molar-refractivity contribution is 6.30. The Morgan fingerprint density at radius 3 is 2.68 bits per heavy atom. The summed E-state index contributed by atoms with van der Waals surface area (Å²) >= 11 is 5.85. The van der Waals surface area contributed by atoms with Crippen LogP contribution in [-0.2, 0) is 9.59 Å². The highest BCUT2D eigenvalue weighted by Gasteiger charge is 2.22. The zero-order valence-electron chi connectivity index (χ0n) is 13.8. The number of rotatable bonds is 6. The van der Waals surface area contributed by atoms with Crippen LogP contribution in [0.2, 0.25) is 5.02 Å². The number of likely N-dealkylation sites (N-methyl/N-ethyl adjacent to an activating group) is 1. The minimum absolute atomic E-state index is 0.155. The van der Waals surface area contributed by atoms with Gasteiger partial charge in [0.1, 0.15) is 12.3 Å². The van der Waals surface area contributed by atoms with E-state index in [1.807, 2.05) is 0 Å². The second-order valence-corrected chi connectivity index (χ2v) is 5.90. The molecule has 0 aliphatic carbocycles. The van der Waals surface area contributed by atoms with Crippen molar-refractivity contribution in [3.8, 4) is 0 Å². The van der Waals surface area contributed by atoms with Gasteiger partial charge in [-0.2, -0.15) is 0 Å². The fourth-order valence-corrected chi connectivity index (χ4v) is 2.32. The van der Waals surface area contributed by atoms with Crippen LogP contribution in [0.5, 0.6) is 0 Å². The molecule has 132 valence electrons. The van der Waals surface area contributed by atoms with Gasteiger partial charge >= 0.3 is 0 Å². The summed E-state index contributed by atoms with van der Waals surface area (Å²) < 4.78 is 4.82. The topological polar surface area (TPSA) is 91.7 Å². The number of benzene rings is 1. The second-order valence-electron chi connectivity index (χ2n) is 5.46. The summed E-state index contributed by atoms with van der Waals surface area (Å²) in [5, 5.41) is 5.71. The molecule has 1 unspecified atom stereocenters. The Labute approximate surface area is 149 Å². The molecule has 1 heterocycles. The van der Waals surface area contributed by atoms with Crippen molar-refractivity contribution in [1.82, 2.24) is 10.2 Å². The van der Waals surface area contributed by atoms with Crippen molar-refractivity contribution < 1.29 is 18.8 Å². The molecule has 2 N–H and O–H groups in total. The molecule has 8 heteroatoms. The summed E-state index contributed by atoms with van der Waals surface area (Å²) in [7, 11) is 1.49. The Morgan fingerprint density at radius 2 is 2.04 bits per heavy atom. The lowest BCUT2D eigenvalue weighted by atomic mass is 10.2. The number of nitrogens with one attached hydrogen (secondary N) is 2. The van der Waals surface area contributed by atoms with E-state index >= 15 is 0 Å². The molecule has 0 aliphatic rings. The molecule has 0 aliphatic heterocycles. The molecule has 0 spiro atoms. The Kier molecular flexibility index (Phi) is 6.19. The maximum Gasteiger partial charge on any atom is 0.255 e.